The molecule has 1 saturated carbocycles. The topological polar surface area (TPSA) is 75.6 Å². The highest BCUT2D eigenvalue weighted by molar-refractivity contribution is 5.95. The van der Waals surface area contributed by atoms with E-state index < -0.39 is 0 Å². The molecule has 8 heteroatoms. The summed E-state index contributed by atoms with van der Waals surface area (Å²) in [6.45, 7) is 8.06. The van der Waals surface area contributed by atoms with Gasteiger partial charge in [-0.2, -0.15) is 4.99 Å². The molecule has 160 valence electrons. The molecular weight excluding hydrogens is 368 g/mol. The van der Waals surface area contributed by atoms with Crippen LogP contribution < -0.4 is 20.3 Å². The van der Waals surface area contributed by atoms with Gasteiger partial charge in [0.2, 0.25) is 5.96 Å². The van der Waals surface area contributed by atoms with Gasteiger partial charge in [-0.1, -0.05) is 19.4 Å². The van der Waals surface area contributed by atoms with Crippen LogP contribution in [0.4, 0.5) is 11.4 Å². The molecule has 1 saturated heterocycles. The van der Waals surface area contributed by atoms with Crippen LogP contribution in [0, 0.1) is 0 Å². The van der Waals surface area contributed by atoms with E-state index in [1.54, 1.807) is 7.11 Å². The lowest BCUT2D eigenvalue weighted by Gasteiger charge is -2.34. The quantitative estimate of drug-likeness (QED) is 0.384. The van der Waals surface area contributed by atoms with E-state index in [1.807, 2.05) is 12.1 Å². The summed E-state index contributed by atoms with van der Waals surface area (Å²) in [6, 6.07) is 6.46. The van der Waals surface area contributed by atoms with Gasteiger partial charge in [-0.15, -0.1) is 0 Å². The summed E-state index contributed by atoms with van der Waals surface area (Å²) >= 11 is 0. The van der Waals surface area contributed by atoms with Crippen LogP contribution >= 0.6 is 0 Å². The lowest BCUT2D eigenvalue weighted by molar-refractivity contribution is 0.0133. The standard InChI is InChI=1S/C21H34N6O2/c1-16(22-17-7-5-6-8-17)23-21(26(3)28)24-19-10-9-18(15-20(19)29-4)27-13-11-25(2)12-14-27/h9-10,15,17,22,28H,1,5-8,11-14H2,2-4H3,(H,23,24). The van der Waals surface area contributed by atoms with Gasteiger partial charge in [0.25, 0.3) is 0 Å². The van der Waals surface area contributed by atoms with E-state index in [4.69, 9.17) is 4.74 Å². The zero-order valence-corrected chi connectivity index (χ0v) is 17.8. The maximum absolute atomic E-state index is 10.0. The third-order valence-electron chi connectivity index (χ3n) is 5.57. The SMILES string of the molecule is C=C(N=C(Nc1ccc(N2CCN(C)CC2)cc1OC)N(C)O)NC1CCCC1. The van der Waals surface area contributed by atoms with Crippen LogP contribution in [0.3, 0.4) is 0 Å². The average molecular weight is 403 g/mol. The van der Waals surface area contributed by atoms with Crippen LogP contribution in [0.15, 0.2) is 35.6 Å². The lowest BCUT2D eigenvalue weighted by Crippen LogP contribution is -2.44. The lowest BCUT2D eigenvalue weighted by atomic mass is 10.2. The molecule has 1 aromatic rings. The maximum Gasteiger partial charge on any atom is 0.229 e. The van der Waals surface area contributed by atoms with Crippen molar-refractivity contribution >= 4 is 17.3 Å². The van der Waals surface area contributed by atoms with Gasteiger partial charge in [0.15, 0.2) is 0 Å². The molecule has 1 aliphatic heterocycles. The highest BCUT2D eigenvalue weighted by Crippen LogP contribution is 2.30. The molecule has 1 heterocycles. The summed E-state index contributed by atoms with van der Waals surface area (Å²) in [5.74, 6) is 1.52. The number of anilines is 2. The van der Waals surface area contributed by atoms with Gasteiger partial charge in [-0.25, -0.2) is 5.06 Å². The van der Waals surface area contributed by atoms with Crippen molar-refractivity contribution in [1.29, 1.82) is 0 Å². The van der Waals surface area contributed by atoms with Crippen molar-refractivity contribution in [1.82, 2.24) is 15.3 Å². The first kappa shape index (κ1) is 21.3. The second-order valence-electron chi connectivity index (χ2n) is 7.83. The Morgan fingerprint density at radius 2 is 1.93 bits per heavy atom. The van der Waals surface area contributed by atoms with Gasteiger partial charge in [-0.3, -0.25) is 5.21 Å². The summed E-state index contributed by atoms with van der Waals surface area (Å²) < 4.78 is 5.60. The van der Waals surface area contributed by atoms with Gasteiger partial charge in [0.05, 0.1) is 12.8 Å². The molecule has 1 aliphatic carbocycles. The van der Waals surface area contributed by atoms with E-state index in [9.17, 15) is 5.21 Å². The third-order valence-corrected chi connectivity index (χ3v) is 5.57. The molecule has 2 fully saturated rings. The average Bonchev–Trinajstić information content (AvgIpc) is 3.21. The largest absolute Gasteiger partial charge is 0.494 e. The smallest absolute Gasteiger partial charge is 0.229 e. The number of benzene rings is 1. The minimum absolute atomic E-state index is 0.283. The molecule has 0 atom stereocenters. The number of nitrogens with zero attached hydrogens (tertiary/aromatic N) is 4. The Labute approximate surface area is 173 Å². The van der Waals surface area contributed by atoms with E-state index in [2.05, 4.69) is 45.1 Å². The van der Waals surface area contributed by atoms with Gasteiger partial charge in [-0.05, 0) is 32.0 Å². The van der Waals surface area contributed by atoms with E-state index in [-0.39, 0.29) is 5.96 Å². The number of aliphatic imine (C=N–C) groups is 1. The summed E-state index contributed by atoms with van der Waals surface area (Å²) in [6.07, 6.45) is 4.73. The number of likely N-dealkylation sites (N-methyl/N-ethyl adjacent to an activating group) is 1. The van der Waals surface area contributed by atoms with Crippen LogP contribution in [0.25, 0.3) is 0 Å². The second-order valence-corrected chi connectivity index (χ2v) is 7.83. The zero-order valence-electron chi connectivity index (χ0n) is 17.8. The van der Waals surface area contributed by atoms with Crippen molar-refractivity contribution < 1.29 is 9.94 Å². The van der Waals surface area contributed by atoms with Crippen LogP contribution in [0.5, 0.6) is 5.75 Å². The van der Waals surface area contributed by atoms with Crippen molar-refractivity contribution in [3.05, 3.63) is 30.6 Å². The molecule has 1 aromatic carbocycles. The molecule has 0 amide bonds. The Balaban J connectivity index is 1.71. The minimum Gasteiger partial charge on any atom is -0.494 e. The van der Waals surface area contributed by atoms with Crippen LogP contribution in [0.1, 0.15) is 25.7 Å². The third kappa shape index (κ3) is 5.77. The summed E-state index contributed by atoms with van der Waals surface area (Å²) in [5, 5.41) is 17.5. The number of nitrogens with one attached hydrogen (secondary N) is 2. The molecular formula is C21H34N6O2. The van der Waals surface area contributed by atoms with Crippen molar-refractivity contribution in [3.8, 4) is 5.75 Å². The summed E-state index contributed by atoms with van der Waals surface area (Å²) in [5.41, 5.74) is 1.86. The number of hydrogen-bond donors (Lipinski definition) is 3. The Morgan fingerprint density at radius 3 is 2.55 bits per heavy atom. The van der Waals surface area contributed by atoms with Crippen molar-refractivity contribution in [2.75, 3.05) is 57.6 Å². The van der Waals surface area contributed by atoms with E-state index in [1.165, 1.54) is 19.9 Å². The summed E-state index contributed by atoms with van der Waals surface area (Å²) in [4.78, 5) is 9.12. The predicted molar refractivity (Wildman–Crippen MR) is 118 cm³/mol. The fourth-order valence-electron chi connectivity index (χ4n) is 3.81. The second kappa shape index (κ2) is 9.84. The van der Waals surface area contributed by atoms with Gasteiger partial charge < -0.3 is 25.2 Å². The molecule has 2 aliphatic rings. The van der Waals surface area contributed by atoms with E-state index in [0.29, 0.717) is 17.6 Å². The van der Waals surface area contributed by atoms with Gasteiger partial charge in [0.1, 0.15) is 11.6 Å². The Hall–Kier alpha value is -2.45. The van der Waals surface area contributed by atoms with Crippen molar-refractivity contribution in [2.24, 2.45) is 4.99 Å². The number of piperazine rings is 1. The molecule has 8 nitrogen and oxygen atoms in total. The number of hydrogen-bond acceptors (Lipinski definition) is 6. The van der Waals surface area contributed by atoms with Crippen LogP contribution in [0.2, 0.25) is 0 Å². The molecule has 0 aromatic heterocycles. The highest BCUT2D eigenvalue weighted by Gasteiger charge is 2.18. The molecule has 3 N–H and O–H groups in total. The summed E-state index contributed by atoms with van der Waals surface area (Å²) in [7, 11) is 5.32. The van der Waals surface area contributed by atoms with Gasteiger partial charge >= 0.3 is 0 Å². The van der Waals surface area contributed by atoms with Crippen LogP contribution in [-0.2, 0) is 0 Å². The zero-order chi connectivity index (χ0) is 20.8. The monoisotopic (exact) mass is 402 g/mol. The highest BCUT2D eigenvalue weighted by atomic mass is 16.5. The predicted octanol–water partition coefficient (Wildman–Crippen LogP) is 2.54. The Kier molecular flexibility index (Phi) is 7.22. The number of methoxy groups -OCH3 is 1. The first-order valence-electron chi connectivity index (χ1n) is 10.3. The molecule has 29 heavy (non-hydrogen) atoms. The first-order chi connectivity index (χ1) is 14.0. The number of ether oxygens (including phenoxy) is 1. The van der Waals surface area contributed by atoms with E-state index >= 15 is 0 Å². The first-order valence-corrected chi connectivity index (χ1v) is 10.3. The van der Waals surface area contributed by atoms with Crippen molar-refractivity contribution in [3.63, 3.8) is 0 Å². The van der Waals surface area contributed by atoms with Gasteiger partial charge in [0, 0.05) is 51.0 Å². The number of rotatable bonds is 6. The maximum atomic E-state index is 10.0. The molecule has 0 spiro atoms. The fourth-order valence-corrected chi connectivity index (χ4v) is 3.81. The van der Waals surface area contributed by atoms with Crippen molar-refractivity contribution in [2.45, 2.75) is 31.7 Å². The Morgan fingerprint density at radius 1 is 1.24 bits per heavy atom. The fraction of sp³-hybridized carbons (Fsp3) is 0.571. The number of hydroxylamine groups is 2. The molecule has 0 radical (unpaired) electrons. The number of guanidine groups is 1. The molecule has 0 bridgehead atoms. The normalized spacial score (nSPS) is 18.6. The van der Waals surface area contributed by atoms with Crippen LogP contribution in [-0.4, -0.2) is 74.6 Å². The Bertz CT molecular complexity index is 722. The van der Waals surface area contributed by atoms with E-state index in [0.717, 1.165) is 55.5 Å². The molecule has 0 unspecified atom stereocenters. The minimum atomic E-state index is 0.283. The molecule has 3 rings (SSSR count).